The molecule has 0 nitrogen and oxygen atoms in total. The highest BCUT2D eigenvalue weighted by Crippen LogP contribution is 2.45. The van der Waals surface area contributed by atoms with Gasteiger partial charge in [0.1, 0.15) is 0 Å². The SMILES string of the molecule is S[CH]CCC(CS)C(CS)(CS)[C](S)CS. The molecule has 0 fully saturated rings. The highest BCUT2D eigenvalue weighted by atomic mass is 32.1. The summed E-state index contributed by atoms with van der Waals surface area (Å²) in [5, 5.41) is 1.05. The van der Waals surface area contributed by atoms with E-state index >= 15 is 0 Å². The minimum Gasteiger partial charge on any atom is -0.179 e. The minimum atomic E-state index is -0.0877. The van der Waals surface area contributed by atoms with Gasteiger partial charge in [-0.3, -0.25) is 0 Å². The lowest BCUT2D eigenvalue weighted by atomic mass is 9.74. The van der Waals surface area contributed by atoms with Crippen molar-refractivity contribution < 1.29 is 0 Å². The second kappa shape index (κ2) is 9.96. The van der Waals surface area contributed by atoms with Crippen LogP contribution in [0, 0.1) is 22.3 Å². The highest BCUT2D eigenvalue weighted by Gasteiger charge is 2.40. The molecule has 0 aliphatic heterocycles. The fraction of sp³-hybridized carbons (Fsp3) is 0.800. The summed E-state index contributed by atoms with van der Waals surface area (Å²) in [6, 6.07) is 0. The maximum Gasteiger partial charge on any atom is 0.0450 e. The molecule has 0 spiro atoms. The first-order valence-corrected chi connectivity index (χ1v) is 8.56. The van der Waals surface area contributed by atoms with Gasteiger partial charge in [0, 0.05) is 22.2 Å². The van der Waals surface area contributed by atoms with Crippen LogP contribution >= 0.6 is 75.8 Å². The monoisotopic (exact) mass is 332 g/mol. The Morgan fingerprint density at radius 1 is 1.12 bits per heavy atom. The van der Waals surface area contributed by atoms with Gasteiger partial charge in [0.15, 0.2) is 0 Å². The minimum absolute atomic E-state index is 0.0877. The van der Waals surface area contributed by atoms with Gasteiger partial charge < -0.3 is 0 Å². The zero-order valence-corrected chi connectivity index (χ0v) is 14.4. The van der Waals surface area contributed by atoms with E-state index in [1.807, 2.05) is 5.75 Å². The highest BCUT2D eigenvalue weighted by molar-refractivity contribution is 7.87. The molecule has 6 heteroatoms. The normalized spacial score (nSPS) is 14.4. The number of rotatable bonds is 9. The Kier molecular flexibility index (Phi) is 11.3. The summed E-state index contributed by atoms with van der Waals surface area (Å²) in [5.41, 5.74) is -0.0877. The van der Waals surface area contributed by atoms with Gasteiger partial charge in [-0.25, -0.2) is 0 Å². The van der Waals surface area contributed by atoms with Gasteiger partial charge in [-0.15, -0.1) is 0 Å². The predicted octanol–water partition coefficient (Wildman–Crippen LogP) is 3.64. The zero-order valence-electron chi connectivity index (χ0n) is 9.08. The molecule has 1 atom stereocenters. The van der Waals surface area contributed by atoms with Crippen LogP contribution in [0.15, 0.2) is 0 Å². The van der Waals surface area contributed by atoms with Crippen molar-refractivity contribution in [1.29, 1.82) is 0 Å². The molecular formula is C10H20S6. The van der Waals surface area contributed by atoms with Crippen molar-refractivity contribution in [2.75, 3.05) is 23.0 Å². The lowest BCUT2D eigenvalue weighted by Crippen LogP contribution is -2.40. The van der Waals surface area contributed by atoms with E-state index in [0.29, 0.717) is 11.7 Å². The van der Waals surface area contributed by atoms with Gasteiger partial charge in [-0.1, -0.05) is 0 Å². The van der Waals surface area contributed by atoms with Crippen molar-refractivity contribution in [3.05, 3.63) is 11.0 Å². The Balaban J connectivity index is 4.81. The van der Waals surface area contributed by atoms with Gasteiger partial charge in [0.25, 0.3) is 0 Å². The van der Waals surface area contributed by atoms with Gasteiger partial charge in [0.2, 0.25) is 0 Å². The van der Waals surface area contributed by atoms with E-state index in [2.05, 4.69) is 75.8 Å². The van der Waals surface area contributed by atoms with E-state index in [1.165, 1.54) is 0 Å². The molecule has 2 radical (unpaired) electrons. The summed E-state index contributed by atoms with van der Waals surface area (Å²) in [5.74, 6) is 5.21. The fourth-order valence-corrected chi connectivity index (χ4v) is 4.59. The molecule has 0 saturated heterocycles. The third-order valence-electron chi connectivity index (χ3n) is 2.93. The van der Waals surface area contributed by atoms with E-state index in [0.717, 1.165) is 35.4 Å². The standard InChI is InChI=1S/C10H20S6/c11-3-1-2-8(4-12)10(6-14,7-15)9(16)5-13/h3,8,11-16H,1-2,4-7H2. The Morgan fingerprint density at radius 2 is 1.69 bits per heavy atom. The average molecular weight is 333 g/mol. The summed E-state index contributed by atoms with van der Waals surface area (Å²) in [6.07, 6.45) is 2.00. The van der Waals surface area contributed by atoms with E-state index in [-0.39, 0.29) is 5.41 Å². The van der Waals surface area contributed by atoms with Crippen LogP contribution in [0.2, 0.25) is 0 Å². The van der Waals surface area contributed by atoms with Crippen LogP contribution < -0.4 is 0 Å². The third-order valence-corrected chi connectivity index (χ3v) is 5.93. The van der Waals surface area contributed by atoms with Crippen LogP contribution in [0.5, 0.6) is 0 Å². The molecule has 0 aromatic heterocycles. The largest absolute Gasteiger partial charge is 0.179 e. The van der Waals surface area contributed by atoms with E-state index in [9.17, 15) is 0 Å². The third kappa shape index (κ3) is 4.65. The molecule has 0 aliphatic carbocycles. The first-order chi connectivity index (χ1) is 7.62. The van der Waals surface area contributed by atoms with Crippen LogP contribution in [-0.2, 0) is 0 Å². The second-order valence-corrected chi connectivity index (χ2v) is 5.94. The number of hydrogen-bond acceptors (Lipinski definition) is 6. The Morgan fingerprint density at radius 3 is 2.00 bits per heavy atom. The van der Waals surface area contributed by atoms with E-state index < -0.39 is 0 Å². The molecule has 96 valence electrons. The molecule has 0 N–H and O–H groups in total. The quantitative estimate of drug-likeness (QED) is 0.341. The maximum atomic E-state index is 4.57. The maximum absolute atomic E-state index is 4.57. The zero-order chi connectivity index (χ0) is 12.6. The number of thiol groups is 6. The molecule has 0 aromatic carbocycles. The van der Waals surface area contributed by atoms with Crippen molar-refractivity contribution in [1.82, 2.24) is 0 Å². The average Bonchev–Trinajstić information content (AvgIpc) is 2.34. The second-order valence-electron chi connectivity index (χ2n) is 3.72. The van der Waals surface area contributed by atoms with Gasteiger partial charge in [0.05, 0.1) is 0 Å². The Labute approximate surface area is 133 Å². The summed E-state index contributed by atoms with van der Waals surface area (Å²) >= 11 is 26.4. The Hall–Kier alpha value is 2.10. The first kappa shape index (κ1) is 18.1. The van der Waals surface area contributed by atoms with Crippen LogP contribution in [0.4, 0.5) is 0 Å². The summed E-state index contributed by atoms with van der Waals surface area (Å²) in [6.45, 7) is 0. The van der Waals surface area contributed by atoms with E-state index in [4.69, 9.17) is 0 Å². The predicted molar refractivity (Wildman–Crippen MR) is 96.1 cm³/mol. The van der Waals surface area contributed by atoms with Gasteiger partial charge in [-0.05, 0) is 36.0 Å². The molecule has 0 amide bonds. The van der Waals surface area contributed by atoms with Gasteiger partial charge in [-0.2, -0.15) is 75.8 Å². The topological polar surface area (TPSA) is 0 Å². The van der Waals surface area contributed by atoms with Crippen molar-refractivity contribution in [3.8, 4) is 0 Å². The van der Waals surface area contributed by atoms with E-state index in [1.54, 1.807) is 0 Å². The van der Waals surface area contributed by atoms with Crippen LogP contribution in [0.3, 0.4) is 0 Å². The van der Waals surface area contributed by atoms with Crippen LogP contribution in [0.1, 0.15) is 12.8 Å². The summed E-state index contributed by atoms with van der Waals surface area (Å²) in [7, 11) is 0. The lowest BCUT2D eigenvalue weighted by molar-refractivity contribution is 0.280. The molecule has 1 unspecified atom stereocenters. The van der Waals surface area contributed by atoms with Crippen molar-refractivity contribution in [2.45, 2.75) is 12.8 Å². The molecule has 0 saturated carbocycles. The molecule has 16 heavy (non-hydrogen) atoms. The molecule has 0 rings (SSSR count). The first-order valence-electron chi connectivity index (χ1n) is 5.07. The summed E-state index contributed by atoms with van der Waals surface area (Å²) in [4.78, 5) is 0. The molecule has 0 heterocycles. The van der Waals surface area contributed by atoms with Gasteiger partial charge >= 0.3 is 0 Å². The summed E-state index contributed by atoms with van der Waals surface area (Å²) < 4.78 is 0. The molecule has 0 bridgehead atoms. The van der Waals surface area contributed by atoms with Crippen molar-refractivity contribution >= 4 is 75.8 Å². The fourth-order valence-electron chi connectivity index (χ4n) is 1.70. The van der Waals surface area contributed by atoms with Crippen LogP contribution in [-0.4, -0.2) is 23.0 Å². The Bertz CT molecular complexity index is 171. The molecule has 0 aromatic rings. The number of hydrogen-bond donors (Lipinski definition) is 6. The molecular weight excluding hydrogens is 313 g/mol. The lowest BCUT2D eigenvalue weighted by Gasteiger charge is -2.42. The molecule has 0 aliphatic rings. The van der Waals surface area contributed by atoms with Crippen molar-refractivity contribution in [3.63, 3.8) is 0 Å². The van der Waals surface area contributed by atoms with Crippen LogP contribution in [0.25, 0.3) is 0 Å². The smallest absolute Gasteiger partial charge is 0.0450 e. The van der Waals surface area contributed by atoms with Crippen molar-refractivity contribution in [2.24, 2.45) is 11.3 Å².